The largest absolute Gasteiger partial charge is 0.416 e. The Morgan fingerprint density at radius 1 is 1.00 bits per heavy atom. The molecule has 0 unspecified atom stereocenters. The topological polar surface area (TPSA) is 49.4 Å². The van der Waals surface area contributed by atoms with Gasteiger partial charge in [-0.15, -0.1) is 0 Å². The average Bonchev–Trinajstić information content (AvgIpc) is 3.35. The number of fused-ring (bicyclic) bond motifs is 1. The molecule has 0 aromatic heterocycles. The molecule has 0 radical (unpaired) electrons. The summed E-state index contributed by atoms with van der Waals surface area (Å²) in [5.74, 6) is -0.700. The fourth-order valence-electron chi connectivity index (χ4n) is 3.46. The maximum Gasteiger partial charge on any atom is 0.416 e. The molecule has 1 heterocycles. The van der Waals surface area contributed by atoms with Crippen molar-refractivity contribution < 1.29 is 22.8 Å². The Kier molecular flexibility index (Phi) is 3.98. The summed E-state index contributed by atoms with van der Waals surface area (Å²) >= 11 is 0. The first-order valence-corrected chi connectivity index (χ1v) is 8.70. The van der Waals surface area contributed by atoms with Crippen LogP contribution in [0.4, 0.5) is 24.5 Å². The lowest BCUT2D eigenvalue weighted by molar-refractivity contribution is -0.137. The zero-order valence-electron chi connectivity index (χ0n) is 14.3. The van der Waals surface area contributed by atoms with E-state index in [9.17, 15) is 22.8 Å². The standard InChI is InChI=1S/C20H17F3N2O2/c21-20(22,23)14-5-7-15(8-6-14)24-17(26)19(10-11-19)18(27)25-12-9-13-3-1-2-4-16(13)25/h1-8H,9-12H2,(H,24,26). The first kappa shape index (κ1) is 17.6. The summed E-state index contributed by atoms with van der Waals surface area (Å²) in [5.41, 5.74) is 0.237. The summed E-state index contributed by atoms with van der Waals surface area (Å²) in [6, 6.07) is 11.8. The van der Waals surface area contributed by atoms with Crippen molar-refractivity contribution in [2.24, 2.45) is 5.41 Å². The minimum Gasteiger partial charge on any atom is -0.325 e. The second-order valence-corrected chi connectivity index (χ2v) is 6.95. The highest BCUT2D eigenvalue weighted by molar-refractivity contribution is 6.18. The van der Waals surface area contributed by atoms with Crippen LogP contribution in [0.15, 0.2) is 48.5 Å². The number of carbonyl (C=O) groups is 2. The quantitative estimate of drug-likeness (QED) is 0.826. The SMILES string of the molecule is O=C(Nc1ccc(C(F)(F)F)cc1)C1(C(=O)N2CCc3ccccc32)CC1. The van der Waals surface area contributed by atoms with Gasteiger partial charge >= 0.3 is 6.18 Å². The van der Waals surface area contributed by atoms with E-state index in [1.807, 2.05) is 24.3 Å². The molecule has 0 saturated heterocycles. The normalized spacial score (nSPS) is 17.4. The molecule has 140 valence electrons. The Hall–Kier alpha value is -2.83. The molecule has 0 spiro atoms. The van der Waals surface area contributed by atoms with Gasteiger partial charge in [-0.05, 0) is 55.2 Å². The lowest BCUT2D eigenvalue weighted by Crippen LogP contribution is -2.42. The van der Waals surface area contributed by atoms with Gasteiger partial charge in [0.15, 0.2) is 0 Å². The van der Waals surface area contributed by atoms with E-state index in [-0.39, 0.29) is 11.6 Å². The Balaban J connectivity index is 1.50. The number of nitrogens with zero attached hydrogens (tertiary/aromatic N) is 1. The number of hydrogen-bond acceptors (Lipinski definition) is 2. The molecular formula is C20H17F3N2O2. The smallest absolute Gasteiger partial charge is 0.325 e. The Bertz CT molecular complexity index is 902. The van der Waals surface area contributed by atoms with Crippen molar-refractivity contribution in [3.63, 3.8) is 0 Å². The van der Waals surface area contributed by atoms with E-state index < -0.39 is 23.1 Å². The minimum atomic E-state index is -4.43. The molecule has 2 aromatic rings. The van der Waals surface area contributed by atoms with Gasteiger partial charge in [0.2, 0.25) is 11.8 Å². The van der Waals surface area contributed by atoms with Crippen LogP contribution in [0.3, 0.4) is 0 Å². The van der Waals surface area contributed by atoms with E-state index in [0.29, 0.717) is 19.4 Å². The summed E-state index contributed by atoms with van der Waals surface area (Å²) < 4.78 is 37.9. The van der Waals surface area contributed by atoms with Crippen LogP contribution < -0.4 is 10.2 Å². The van der Waals surface area contributed by atoms with Gasteiger partial charge < -0.3 is 10.2 Å². The summed E-state index contributed by atoms with van der Waals surface area (Å²) in [4.78, 5) is 27.4. The lowest BCUT2D eigenvalue weighted by Gasteiger charge is -2.23. The van der Waals surface area contributed by atoms with Crippen LogP contribution in [0.1, 0.15) is 24.0 Å². The van der Waals surface area contributed by atoms with Crippen LogP contribution >= 0.6 is 0 Å². The maximum atomic E-state index is 13.0. The van der Waals surface area contributed by atoms with E-state index in [1.54, 1.807) is 4.90 Å². The molecule has 2 amide bonds. The molecule has 0 atom stereocenters. The van der Waals surface area contributed by atoms with Crippen molar-refractivity contribution in [3.8, 4) is 0 Å². The molecule has 2 aliphatic rings. The number of benzene rings is 2. The highest BCUT2D eigenvalue weighted by atomic mass is 19.4. The fraction of sp³-hybridized carbons (Fsp3) is 0.300. The predicted octanol–water partition coefficient (Wildman–Crippen LogP) is 4.01. The third-order valence-electron chi connectivity index (χ3n) is 5.20. The molecule has 7 heteroatoms. The number of anilines is 2. The summed E-state index contributed by atoms with van der Waals surface area (Å²) in [6.45, 7) is 0.535. The van der Waals surface area contributed by atoms with Gasteiger partial charge in [0.1, 0.15) is 5.41 Å². The number of para-hydroxylation sites is 1. The fourth-order valence-corrected chi connectivity index (χ4v) is 3.46. The van der Waals surface area contributed by atoms with Gasteiger partial charge in [0, 0.05) is 17.9 Å². The second kappa shape index (κ2) is 6.11. The molecule has 1 saturated carbocycles. The highest BCUT2D eigenvalue weighted by Gasteiger charge is 2.58. The number of halogens is 3. The van der Waals surface area contributed by atoms with E-state index in [2.05, 4.69) is 5.32 Å². The molecule has 0 bridgehead atoms. The summed E-state index contributed by atoms with van der Waals surface area (Å²) in [6.07, 6.45) is -2.80. The number of alkyl halides is 3. The lowest BCUT2D eigenvalue weighted by atomic mass is 10.0. The van der Waals surface area contributed by atoms with Crippen LogP contribution in [-0.4, -0.2) is 18.4 Å². The third kappa shape index (κ3) is 3.07. The van der Waals surface area contributed by atoms with Crippen molar-refractivity contribution in [2.45, 2.75) is 25.4 Å². The predicted molar refractivity (Wildman–Crippen MR) is 94.2 cm³/mol. The minimum absolute atomic E-state index is 0.239. The molecular weight excluding hydrogens is 357 g/mol. The first-order chi connectivity index (χ1) is 12.8. The van der Waals surface area contributed by atoms with Crippen molar-refractivity contribution in [1.29, 1.82) is 0 Å². The van der Waals surface area contributed by atoms with Crippen LogP contribution in [0.5, 0.6) is 0 Å². The molecule has 1 fully saturated rings. The number of carbonyl (C=O) groups excluding carboxylic acids is 2. The average molecular weight is 374 g/mol. The Morgan fingerprint density at radius 3 is 2.30 bits per heavy atom. The first-order valence-electron chi connectivity index (χ1n) is 8.70. The van der Waals surface area contributed by atoms with Crippen molar-refractivity contribution in [1.82, 2.24) is 0 Å². The second-order valence-electron chi connectivity index (χ2n) is 6.95. The van der Waals surface area contributed by atoms with Crippen LogP contribution in [0.25, 0.3) is 0 Å². The van der Waals surface area contributed by atoms with Crippen molar-refractivity contribution in [3.05, 3.63) is 59.7 Å². The van der Waals surface area contributed by atoms with Gasteiger partial charge in [-0.25, -0.2) is 0 Å². The molecule has 2 aromatic carbocycles. The number of hydrogen-bond donors (Lipinski definition) is 1. The van der Waals surface area contributed by atoms with Crippen molar-refractivity contribution in [2.75, 3.05) is 16.8 Å². The van der Waals surface area contributed by atoms with Gasteiger partial charge in [0.05, 0.1) is 5.56 Å². The third-order valence-corrected chi connectivity index (χ3v) is 5.20. The van der Waals surface area contributed by atoms with Gasteiger partial charge in [-0.1, -0.05) is 18.2 Å². The molecule has 27 heavy (non-hydrogen) atoms. The van der Waals surface area contributed by atoms with Crippen molar-refractivity contribution >= 4 is 23.2 Å². The Labute approximate surface area is 154 Å². The molecule has 1 N–H and O–H groups in total. The van der Waals surface area contributed by atoms with Gasteiger partial charge in [-0.3, -0.25) is 9.59 Å². The molecule has 4 rings (SSSR count). The number of amides is 2. The van der Waals surface area contributed by atoms with E-state index in [1.165, 1.54) is 12.1 Å². The number of rotatable bonds is 3. The van der Waals surface area contributed by atoms with E-state index in [0.717, 1.165) is 29.8 Å². The summed E-state index contributed by atoms with van der Waals surface area (Å²) in [7, 11) is 0. The Morgan fingerprint density at radius 2 is 1.67 bits per heavy atom. The highest BCUT2D eigenvalue weighted by Crippen LogP contribution is 2.49. The molecule has 1 aliphatic carbocycles. The summed E-state index contributed by atoms with van der Waals surface area (Å²) in [5, 5.41) is 2.60. The van der Waals surface area contributed by atoms with Crippen LogP contribution in [0, 0.1) is 5.41 Å². The van der Waals surface area contributed by atoms with Crippen LogP contribution in [-0.2, 0) is 22.2 Å². The zero-order valence-corrected chi connectivity index (χ0v) is 14.3. The zero-order chi connectivity index (χ0) is 19.2. The van der Waals surface area contributed by atoms with Crippen LogP contribution in [0.2, 0.25) is 0 Å². The molecule has 1 aliphatic heterocycles. The number of nitrogens with one attached hydrogen (secondary N) is 1. The van der Waals surface area contributed by atoms with Gasteiger partial charge in [-0.2, -0.15) is 13.2 Å². The van der Waals surface area contributed by atoms with E-state index >= 15 is 0 Å². The maximum absolute atomic E-state index is 13.0. The van der Waals surface area contributed by atoms with Gasteiger partial charge in [0.25, 0.3) is 0 Å². The van der Waals surface area contributed by atoms with E-state index in [4.69, 9.17) is 0 Å². The molecule has 4 nitrogen and oxygen atoms in total. The monoisotopic (exact) mass is 374 g/mol.